The zero-order valence-corrected chi connectivity index (χ0v) is 17.4. The number of rotatable bonds is 5. The molecule has 2 aliphatic rings. The number of carbonyl (C=O) groups is 2. The van der Waals surface area contributed by atoms with E-state index in [1.54, 1.807) is 11.8 Å². The topological polar surface area (TPSA) is 52.7 Å². The van der Waals surface area contributed by atoms with Gasteiger partial charge in [-0.3, -0.25) is 9.59 Å². The van der Waals surface area contributed by atoms with Crippen LogP contribution < -0.4 is 15.1 Å². The molecule has 0 bridgehead atoms. The number of amides is 2. The number of hydrogen-bond donors (Lipinski definition) is 1. The predicted octanol–water partition coefficient (Wildman–Crippen LogP) is 4.53. The maximum atomic E-state index is 12.7. The van der Waals surface area contributed by atoms with E-state index >= 15 is 0 Å². The van der Waals surface area contributed by atoms with Crippen molar-refractivity contribution in [3.63, 3.8) is 0 Å². The van der Waals surface area contributed by atoms with Gasteiger partial charge >= 0.3 is 0 Å². The fraction of sp³-hybridized carbons (Fsp3) is 0.391. The van der Waals surface area contributed by atoms with Gasteiger partial charge in [0.05, 0.1) is 5.69 Å². The van der Waals surface area contributed by atoms with E-state index in [1.165, 1.54) is 19.3 Å². The van der Waals surface area contributed by atoms with Crippen molar-refractivity contribution >= 4 is 40.6 Å². The van der Waals surface area contributed by atoms with Crippen LogP contribution in [0.15, 0.2) is 53.4 Å². The highest BCUT2D eigenvalue weighted by atomic mass is 32.2. The zero-order chi connectivity index (χ0) is 20.1. The molecule has 4 rings (SSSR count). The first-order chi connectivity index (χ1) is 14.2. The summed E-state index contributed by atoms with van der Waals surface area (Å²) in [5.41, 5.74) is 2.91. The van der Waals surface area contributed by atoms with Crippen LogP contribution in [-0.4, -0.2) is 37.2 Å². The van der Waals surface area contributed by atoms with Crippen LogP contribution in [0.1, 0.15) is 32.1 Å². The maximum Gasteiger partial charge on any atom is 0.227 e. The first-order valence-electron chi connectivity index (χ1n) is 10.4. The van der Waals surface area contributed by atoms with Crippen LogP contribution in [0.4, 0.5) is 17.1 Å². The van der Waals surface area contributed by atoms with Crippen molar-refractivity contribution < 1.29 is 9.59 Å². The van der Waals surface area contributed by atoms with Gasteiger partial charge in [0.2, 0.25) is 11.8 Å². The van der Waals surface area contributed by atoms with Crippen molar-refractivity contribution in [3.05, 3.63) is 48.5 Å². The Morgan fingerprint density at radius 1 is 0.931 bits per heavy atom. The average Bonchev–Trinajstić information content (AvgIpc) is 2.78. The summed E-state index contributed by atoms with van der Waals surface area (Å²) in [6.07, 6.45) is 4.14. The van der Waals surface area contributed by atoms with Crippen LogP contribution in [0.25, 0.3) is 0 Å². The smallest absolute Gasteiger partial charge is 0.227 e. The van der Waals surface area contributed by atoms with Gasteiger partial charge in [0, 0.05) is 54.5 Å². The number of hydrogen-bond acceptors (Lipinski definition) is 4. The average molecular weight is 410 g/mol. The molecule has 0 radical (unpaired) electrons. The molecule has 2 aromatic carbocycles. The summed E-state index contributed by atoms with van der Waals surface area (Å²) in [6, 6.07) is 16.0. The zero-order valence-electron chi connectivity index (χ0n) is 16.6. The molecule has 0 aromatic heterocycles. The number of benzene rings is 2. The van der Waals surface area contributed by atoms with Gasteiger partial charge in [-0.05, 0) is 49.6 Å². The summed E-state index contributed by atoms with van der Waals surface area (Å²) < 4.78 is 0. The molecular weight excluding hydrogens is 382 g/mol. The lowest BCUT2D eigenvalue weighted by Gasteiger charge is -2.29. The van der Waals surface area contributed by atoms with Gasteiger partial charge in [0.1, 0.15) is 0 Å². The van der Waals surface area contributed by atoms with E-state index in [1.807, 2.05) is 47.4 Å². The van der Waals surface area contributed by atoms with Crippen molar-refractivity contribution in [1.29, 1.82) is 0 Å². The molecule has 6 heteroatoms. The SMILES string of the molecule is O=C(CCC(=O)N1CCSc2ccccc21)Nc1cccc(N2CCCCC2)c1. The molecular formula is C23H27N3O2S. The second-order valence-corrected chi connectivity index (χ2v) is 8.64. The molecule has 29 heavy (non-hydrogen) atoms. The van der Waals surface area contributed by atoms with E-state index in [9.17, 15) is 9.59 Å². The second kappa shape index (κ2) is 9.35. The van der Waals surface area contributed by atoms with Gasteiger partial charge in [-0.15, -0.1) is 11.8 Å². The summed E-state index contributed by atoms with van der Waals surface area (Å²) in [5.74, 6) is 0.780. The van der Waals surface area contributed by atoms with Gasteiger partial charge < -0.3 is 15.1 Å². The Hall–Kier alpha value is -2.47. The van der Waals surface area contributed by atoms with Crippen molar-refractivity contribution in [1.82, 2.24) is 0 Å². The van der Waals surface area contributed by atoms with Crippen molar-refractivity contribution in [2.75, 3.05) is 40.5 Å². The molecule has 0 saturated carbocycles. The Bertz CT molecular complexity index is 880. The van der Waals surface area contributed by atoms with Crippen LogP contribution in [0.2, 0.25) is 0 Å². The van der Waals surface area contributed by atoms with E-state index in [0.717, 1.165) is 40.8 Å². The number of para-hydroxylation sites is 1. The summed E-state index contributed by atoms with van der Waals surface area (Å²) in [4.78, 5) is 30.5. The molecule has 1 fully saturated rings. The minimum Gasteiger partial charge on any atom is -0.371 e. The minimum atomic E-state index is -0.117. The van der Waals surface area contributed by atoms with Crippen LogP contribution in [-0.2, 0) is 9.59 Å². The number of nitrogens with zero attached hydrogens (tertiary/aromatic N) is 2. The van der Waals surface area contributed by atoms with E-state index in [0.29, 0.717) is 6.54 Å². The largest absolute Gasteiger partial charge is 0.371 e. The number of anilines is 3. The third-order valence-corrected chi connectivity index (χ3v) is 6.49. The molecule has 0 atom stereocenters. The van der Waals surface area contributed by atoms with Gasteiger partial charge in [0.25, 0.3) is 0 Å². The molecule has 2 amide bonds. The second-order valence-electron chi connectivity index (χ2n) is 7.51. The van der Waals surface area contributed by atoms with Crippen molar-refractivity contribution in [3.8, 4) is 0 Å². The molecule has 1 saturated heterocycles. The molecule has 0 aliphatic carbocycles. The van der Waals surface area contributed by atoms with E-state index in [4.69, 9.17) is 0 Å². The minimum absolute atomic E-state index is 0.00923. The molecule has 2 aromatic rings. The number of thioether (sulfide) groups is 1. The van der Waals surface area contributed by atoms with Crippen molar-refractivity contribution in [2.45, 2.75) is 37.0 Å². The van der Waals surface area contributed by atoms with E-state index in [-0.39, 0.29) is 24.7 Å². The van der Waals surface area contributed by atoms with Gasteiger partial charge in [-0.2, -0.15) is 0 Å². The first-order valence-corrected chi connectivity index (χ1v) is 11.4. The van der Waals surface area contributed by atoms with Crippen LogP contribution in [0.5, 0.6) is 0 Å². The maximum absolute atomic E-state index is 12.7. The van der Waals surface area contributed by atoms with Crippen LogP contribution >= 0.6 is 11.8 Å². The number of piperidine rings is 1. The first kappa shape index (κ1) is 19.8. The number of carbonyl (C=O) groups excluding carboxylic acids is 2. The highest BCUT2D eigenvalue weighted by Gasteiger charge is 2.23. The molecule has 5 nitrogen and oxygen atoms in total. The Balaban J connectivity index is 1.32. The van der Waals surface area contributed by atoms with Gasteiger partial charge in [-0.1, -0.05) is 18.2 Å². The fourth-order valence-electron chi connectivity index (χ4n) is 3.94. The summed E-state index contributed by atoms with van der Waals surface area (Å²) in [6.45, 7) is 2.84. The van der Waals surface area contributed by atoms with Gasteiger partial charge in [0.15, 0.2) is 0 Å². The summed E-state index contributed by atoms with van der Waals surface area (Å²) in [7, 11) is 0. The molecule has 0 spiro atoms. The highest BCUT2D eigenvalue weighted by Crippen LogP contribution is 2.34. The van der Waals surface area contributed by atoms with E-state index < -0.39 is 0 Å². The monoisotopic (exact) mass is 409 g/mol. The van der Waals surface area contributed by atoms with Gasteiger partial charge in [-0.25, -0.2) is 0 Å². The lowest BCUT2D eigenvalue weighted by Crippen LogP contribution is -2.35. The van der Waals surface area contributed by atoms with Crippen molar-refractivity contribution in [2.24, 2.45) is 0 Å². The Kier molecular flexibility index (Phi) is 6.39. The lowest BCUT2D eigenvalue weighted by atomic mass is 10.1. The highest BCUT2D eigenvalue weighted by molar-refractivity contribution is 7.99. The third-order valence-electron chi connectivity index (χ3n) is 5.45. The third kappa shape index (κ3) is 4.93. The lowest BCUT2D eigenvalue weighted by molar-refractivity contribution is -0.122. The Morgan fingerprint density at radius 3 is 2.62 bits per heavy atom. The molecule has 2 heterocycles. The number of nitrogens with one attached hydrogen (secondary N) is 1. The fourth-order valence-corrected chi connectivity index (χ4v) is 4.93. The Morgan fingerprint density at radius 2 is 1.76 bits per heavy atom. The standard InChI is InChI=1S/C23H27N3O2S/c27-22(24-18-7-6-8-19(17-18)25-13-4-1-5-14-25)11-12-23(28)26-15-16-29-21-10-3-2-9-20(21)26/h2-3,6-10,17H,1,4-5,11-16H2,(H,24,27). The van der Waals surface area contributed by atoms with E-state index in [2.05, 4.69) is 16.3 Å². The Labute approximate surface area is 176 Å². The predicted molar refractivity (Wildman–Crippen MR) is 120 cm³/mol. The quantitative estimate of drug-likeness (QED) is 0.788. The van der Waals surface area contributed by atoms with Crippen LogP contribution in [0.3, 0.4) is 0 Å². The molecule has 1 N–H and O–H groups in total. The molecule has 0 unspecified atom stereocenters. The molecule has 152 valence electrons. The summed E-state index contributed by atoms with van der Waals surface area (Å²) >= 11 is 1.77. The molecule has 2 aliphatic heterocycles. The summed E-state index contributed by atoms with van der Waals surface area (Å²) in [5, 5.41) is 2.96. The normalized spacial score (nSPS) is 16.3. The number of fused-ring (bicyclic) bond motifs is 1. The van der Waals surface area contributed by atoms with Crippen LogP contribution in [0, 0.1) is 0 Å².